The lowest BCUT2D eigenvalue weighted by atomic mass is 10.0. The maximum Gasteiger partial charge on any atom is 0.303 e. The van der Waals surface area contributed by atoms with Gasteiger partial charge in [-0.2, -0.15) is 0 Å². The van der Waals surface area contributed by atoms with Crippen molar-refractivity contribution in [1.29, 1.82) is 0 Å². The van der Waals surface area contributed by atoms with E-state index in [4.69, 9.17) is 5.11 Å². The third kappa shape index (κ3) is 7.47. The fourth-order valence-electron chi connectivity index (χ4n) is 3.91. The third-order valence-corrected chi connectivity index (χ3v) is 5.20. The summed E-state index contributed by atoms with van der Waals surface area (Å²) in [6.07, 6.45) is 8.77. The molecule has 2 rings (SSSR count). The summed E-state index contributed by atoms with van der Waals surface area (Å²) in [5.74, 6) is -0.580. The Morgan fingerprint density at radius 2 is 1.86 bits per heavy atom. The maximum atomic E-state index is 12.2. The van der Waals surface area contributed by atoms with Crippen LogP contribution in [0.1, 0.15) is 61.6 Å². The predicted octanol–water partition coefficient (Wildman–Crippen LogP) is 3.79. The van der Waals surface area contributed by atoms with Gasteiger partial charge in [0.25, 0.3) is 0 Å². The molecule has 1 heterocycles. The highest BCUT2D eigenvalue weighted by atomic mass is 16.4. The quantitative estimate of drug-likeness (QED) is 0.447. The molecule has 1 amide bonds. The van der Waals surface area contributed by atoms with Gasteiger partial charge < -0.3 is 15.1 Å². The number of carboxylic acid groups (broad SMARTS) is 1. The lowest BCUT2D eigenvalue weighted by Gasteiger charge is -2.22. The van der Waals surface area contributed by atoms with Crippen LogP contribution in [-0.2, 0) is 16.0 Å². The summed E-state index contributed by atoms with van der Waals surface area (Å²) in [4.78, 5) is 24.6. The number of hydrogen-bond donors (Lipinski definition) is 2. The average Bonchev–Trinajstić information content (AvgIpc) is 2.95. The van der Waals surface area contributed by atoms with Crippen molar-refractivity contribution in [3.05, 3.63) is 47.0 Å². The molecule has 0 radical (unpaired) electrons. The number of benzene rings is 1. The highest BCUT2D eigenvalue weighted by Crippen LogP contribution is 2.21. The Kier molecular flexibility index (Phi) is 8.71. The van der Waals surface area contributed by atoms with Crippen molar-refractivity contribution in [2.45, 2.75) is 77.4 Å². The van der Waals surface area contributed by atoms with E-state index in [1.165, 1.54) is 11.1 Å². The summed E-state index contributed by atoms with van der Waals surface area (Å²) in [7, 11) is 0. The number of carbonyl (C=O) groups is 2. The fourth-order valence-corrected chi connectivity index (χ4v) is 3.91. The van der Waals surface area contributed by atoms with E-state index in [-0.39, 0.29) is 18.4 Å². The number of hydrogen-bond acceptors (Lipinski definition) is 3. The number of aliphatic carboxylic acids is 1. The lowest BCUT2D eigenvalue weighted by molar-refractivity contribution is -0.137. The Hall–Kier alpha value is -2.14. The van der Waals surface area contributed by atoms with Crippen LogP contribution < -0.4 is 0 Å². The Labute approximate surface area is 168 Å². The first-order valence-electron chi connectivity index (χ1n) is 10.3. The van der Waals surface area contributed by atoms with Crippen molar-refractivity contribution < 1.29 is 19.8 Å². The molecule has 0 aromatic heterocycles. The molecule has 2 atom stereocenters. The van der Waals surface area contributed by atoms with Crippen LogP contribution in [-0.4, -0.2) is 45.7 Å². The molecule has 0 unspecified atom stereocenters. The number of unbranched alkanes of at least 4 members (excludes halogenated alkanes) is 3. The van der Waals surface area contributed by atoms with Gasteiger partial charge in [-0.15, -0.1) is 0 Å². The van der Waals surface area contributed by atoms with E-state index in [1.807, 2.05) is 17.1 Å². The van der Waals surface area contributed by atoms with Crippen molar-refractivity contribution >= 4 is 11.9 Å². The summed E-state index contributed by atoms with van der Waals surface area (Å²) >= 11 is 0. The molecule has 5 nitrogen and oxygen atoms in total. The number of nitrogens with zero attached hydrogens (tertiary/aromatic N) is 1. The molecule has 0 bridgehead atoms. The van der Waals surface area contributed by atoms with E-state index >= 15 is 0 Å². The number of aliphatic hydroxyl groups is 1. The first kappa shape index (κ1) is 22.2. The van der Waals surface area contributed by atoms with Crippen LogP contribution in [0, 0.1) is 13.8 Å². The zero-order chi connectivity index (χ0) is 20.5. The summed E-state index contributed by atoms with van der Waals surface area (Å²) in [6, 6.07) is 6.37. The van der Waals surface area contributed by atoms with Gasteiger partial charge in [-0.05, 0) is 38.7 Å². The lowest BCUT2D eigenvalue weighted by Crippen LogP contribution is -2.32. The summed E-state index contributed by atoms with van der Waals surface area (Å²) < 4.78 is 0. The zero-order valence-electron chi connectivity index (χ0n) is 17.1. The SMILES string of the molecule is Cc1cc(C)cc(C[C@H](O)C=C[C@H]2CCC(=O)N2CCCCCCC(=O)O)c1. The van der Waals surface area contributed by atoms with Gasteiger partial charge in [-0.25, -0.2) is 0 Å². The molecule has 0 aliphatic carbocycles. The summed E-state index contributed by atoms with van der Waals surface area (Å²) in [6.45, 7) is 4.82. The second-order valence-electron chi connectivity index (χ2n) is 7.90. The smallest absolute Gasteiger partial charge is 0.303 e. The van der Waals surface area contributed by atoms with E-state index in [1.54, 1.807) is 0 Å². The molecule has 1 aromatic carbocycles. The van der Waals surface area contributed by atoms with Crippen LogP contribution in [0.4, 0.5) is 0 Å². The molecular weight excluding hydrogens is 354 g/mol. The minimum atomic E-state index is -0.751. The van der Waals surface area contributed by atoms with Gasteiger partial charge >= 0.3 is 5.97 Å². The Morgan fingerprint density at radius 1 is 1.18 bits per heavy atom. The molecule has 2 N–H and O–H groups in total. The van der Waals surface area contributed by atoms with E-state index in [9.17, 15) is 14.7 Å². The molecular formula is C23H33NO4. The summed E-state index contributed by atoms with van der Waals surface area (Å²) in [5, 5.41) is 19.0. The number of aliphatic hydroxyl groups excluding tert-OH is 1. The largest absolute Gasteiger partial charge is 0.481 e. The molecule has 0 saturated carbocycles. The van der Waals surface area contributed by atoms with Crippen molar-refractivity contribution in [2.75, 3.05) is 6.54 Å². The zero-order valence-corrected chi connectivity index (χ0v) is 17.1. The first-order chi connectivity index (χ1) is 13.3. The Morgan fingerprint density at radius 3 is 2.54 bits per heavy atom. The maximum absolute atomic E-state index is 12.2. The number of aryl methyl sites for hydroxylation is 2. The van der Waals surface area contributed by atoms with E-state index in [0.717, 1.165) is 31.2 Å². The fraction of sp³-hybridized carbons (Fsp3) is 0.565. The van der Waals surface area contributed by atoms with Gasteiger partial charge in [0.05, 0.1) is 12.1 Å². The second-order valence-corrected chi connectivity index (χ2v) is 7.90. The van der Waals surface area contributed by atoms with E-state index in [2.05, 4.69) is 32.0 Å². The van der Waals surface area contributed by atoms with Gasteiger partial charge in [-0.3, -0.25) is 9.59 Å². The van der Waals surface area contributed by atoms with Crippen molar-refractivity contribution in [2.24, 2.45) is 0 Å². The van der Waals surface area contributed by atoms with Crippen LogP contribution in [0.5, 0.6) is 0 Å². The van der Waals surface area contributed by atoms with Crippen LogP contribution in [0.15, 0.2) is 30.4 Å². The normalized spacial score (nSPS) is 18.2. The number of carbonyl (C=O) groups excluding carboxylic acids is 1. The summed E-state index contributed by atoms with van der Waals surface area (Å²) in [5.41, 5.74) is 3.51. The van der Waals surface area contributed by atoms with Crippen LogP contribution in [0.3, 0.4) is 0 Å². The van der Waals surface area contributed by atoms with E-state index < -0.39 is 12.1 Å². The molecule has 1 aromatic rings. The van der Waals surface area contributed by atoms with Gasteiger partial charge in [-0.1, -0.05) is 54.3 Å². The molecule has 5 heteroatoms. The molecule has 1 saturated heterocycles. The monoisotopic (exact) mass is 387 g/mol. The predicted molar refractivity (Wildman–Crippen MR) is 110 cm³/mol. The van der Waals surface area contributed by atoms with E-state index in [0.29, 0.717) is 25.8 Å². The number of carboxylic acids is 1. The first-order valence-corrected chi connectivity index (χ1v) is 10.3. The molecule has 1 aliphatic heterocycles. The number of amides is 1. The topological polar surface area (TPSA) is 77.8 Å². The second kappa shape index (κ2) is 11.0. The van der Waals surface area contributed by atoms with Gasteiger partial charge in [0.1, 0.15) is 0 Å². The van der Waals surface area contributed by atoms with Gasteiger partial charge in [0.15, 0.2) is 0 Å². The highest BCUT2D eigenvalue weighted by Gasteiger charge is 2.28. The van der Waals surface area contributed by atoms with Crippen molar-refractivity contribution in [1.82, 2.24) is 4.90 Å². The van der Waals surface area contributed by atoms with Crippen molar-refractivity contribution in [3.63, 3.8) is 0 Å². The van der Waals surface area contributed by atoms with Crippen LogP contribution in [0.25, 0.3) is 0 Å². The molecule has 28 heavy (non-hydrogen) atoms. The third-order valence-electron chi connectivity index (χ3n) is 5.20. The van der Waals surface area contributed by atoms with Gasteiger partial charge in [0.2, 0.25) is 5.91 Å². The Bertz CT molecular complexity index is 678. The average molecular weight is 388 g/mol. The van der Waals surface area contributed by atoms with Crippen LogP contribution in [0.2, 0.25) is 0 Å². The standard InChI is InChI=1S/C23H33NO4/c1-17-13-18(2)15-19(14-17)16-21(25)10-8-20-9-11-22(26)24(20)12-6-4-3-5-7-23(27)28/h8,10,13-15,20-21,25H,3-7,9,11-12,16H2,1-2H3,(H,27,28)/t20-,21+/m0/s1. The molecule has 0 spiro atoms. The van der Waals surface area contributed by atoms with Crippen LogP contribution >= 0.6 is 0 Å². The van der Waals surface area contributed by atoms with Gasteiger partial charge in [0, 0.05) is 25.8 Å². The number of likely N-dealkylation sites (tertiary alicyclic amines) is 1. The minimum absolute atomic E-state index is 0.0559. The molecule has 1 aliphatic rings. The molecule has 1 fully saturated rings. The Balaban J connectivity index is 1.80. The van der Waals surface area contributed by atoms with Crippen molar-refractivity contribution in [3.8, 4) is 0 Å². The minimum Gasteiger partial charge on any atom is -0.481 e. The highest BCUT2D eigenvalue weighted by molar-refractivity contribution is 5.79. The molecule has 154 valence electrons. The number of rotatable bonds is 11.